The first kappa shape index (κ1) is 32.8. The lowest BCUT2D eigenvalue weighted by Gasteiger charge is -2.46. The zero-order valence-electron chi connectivity index (χ0n) is 27.6. The summed E-state index contributed by atoms with van der Waals surface area (Å²) >= 11 is 0. The summed E-state index contributed by atoms with van der Waals surface area (Å²) in [6, 6.07) is 14.9. The number of benzene rings is 2. The molecule has 2 aromatic carbocycles. The van der Waals surface area contributed by atoms with E-state index in [4.69, 9.17) is 4.74 Å². The van der Waals surface area contributed by atoms with E-state index in [0.29, 0.717) is 26.1 Å². The zero-order chi connectivity index (χ0) is 31.9. The van der Waals surface area contributed by atoms with E-state index in [9.17, 15) is 14.4 Å². The maximum atomic E-state index is 14.7. The van der Waals surface area contributed by atoms with Gasteiger partial charge in [-0.15, -0.1) is 0 Å². The Kier molecular flexibility index (Phi) is 11.1. The molecule has 6 rings (SSSR count). The van der Waals surface area contributed by atoms with Crippen LogP contribution in [-0.4, -0.2) is 60.4 Å². The number of carbonyl (C=O) groups is 3. The molecular formula is C37H52N4O4. The third-order valence-corrected chi connectivity index (χ3v) is 10.3. The third kappa shape index (κ3) is 7.00. The van der Waals surface area contributed by atoms with Gasteiger partial charge in [0, 0.05) is 36.7 Å². The average Bonchev–Trinajstić information content (AvgIpc) is 3.46. The standard InChI is InChI=1S/C35H46N4O4.C2H6/c1-3-23(4-2)33(40)37-32(24-12-6-5-7-13-24)35(42)39-21-26-20-25-14-8-10-16-29(25)38(26)22-30(39)34(41)36-28-18-19-43-31-17-11-9-15-27(28)31;1-2/h8-11,14-17,23-24,26,28,30,32H,3-7,12-13,18-22H2,1-2H3,(H,36,41)(H,37,40);1-2H3/t26?,28-,30+,32+;/m1./s1. The van der Waals surface area contributed by atoms with Crippen LogP contribution in [0.3, 0.4) is 0 Å². The molecule has 0 spiro atoms. The number of nitrogens with zero attached hydrogens (tertiary/aromatic N) is 2. The van der Waals surface area contributed by atoms with E-state index in [1.807, 2.05) is 62.9 Å². The lowest BCUT2D eigenvalue weighted by Crippen LogP contribution is -2.67. The Morgan fingerprint density at radius 3 is 2.38 bits per heavy atom. The minimum absolute atomic E-state index is 0.0411. The van der Waals surface area contributed by atoms with Crippen LogP contribution in [0.5, 0.6) is 5.75 Å². The zero-order valence-corrected chi connectivity index (χ0v) is 27.6. The number of nitrogens with one attached hydrogen (secondary N) is 2. The van der Waals surface area contributed by atoms with Gasteiger partial charge in [0.2, 0.25) is 17.7 Å². The first-order valence-electron chi connectivity index (χ1n) is 17.5. The molecule has 3 amide bonds. The highest BCUT2D eigenvalue weighted by Gasteiger charge is 2.46. The molecule has 2 N–H and O–H groups in total. The molecule has 4 aliphatic rings. The highest BCUT2D eigenvalue weighted by atomic mass is 16.5. The normalized spacial score (nSPS) is 23.0. The highest BCUT2D eigenvalue weighted by Crippen LogP contribution is 2.37. The van der Waals surface area contributed by atoms with Crippen molar-refractivity contribution in [1.29, 1.82) is 0 Å². The Bertz CT molecular complexity index is 1320. The molecule has 8 heteroatoms. The Hall–Kier alpha value is -3.55. The fourth-order valence-electron chi connectivity index (χ4n) is 7.76. The van der Waals surface area contributed by atoms with Crippen LogP contribution < -0.4 is 20.3 Å². The van der Waals surface area contributed by atoms with E-state index >= 15 is 0 Å². The molecule has 0 radical (unpaired) electrons. The summed E-state index contributed by atoms with van der Waals surface area (Å²) in [5.74, 6) is 0.476. The molecule has 8 nitrogen and oxygen atoms in total. The van der Waals surface area contributed by atoms with Gasteiger partial charge in [-0.25, -0.2) is 0 Å². The quantitative estimate of drug-likeness (QED) is 0.392. The first-order chi connectivity index (χ1) is 22.0. The summed E-state index contributed by atoms with van der Waals surface area (Å²) < 4.78 is 5.84. The summed E-state index contributed by atoms with van der Waals surface area (Å²) in [5, 5.41) is 6.53. The number of hydrogen-bond acceptors (Lipinski definition) is 5. The number of carbonyl (C=O) groups excluding carboxylic acids is 3. The van der Waals surface area contributed by atoms with Crippen molar-refractivity contribution >= 4 is 23.4 Å². The van der Waals surface area contributed by atoms with Crippen LogP contribution in [0.25, 0.3) is 0 Å². The van der Waals surface area contributed by atoms with Gasteiger partial charge in [-0.05, 0) is 55.7 Å². The lowest BCUT2D eigenvalue weighted by atomic mass is 9.82. The van der Waals surface area contributed by atoms with E-state index < -0.39 is 12.1 Å². The lowest BCUT2D eigenvalue weighted by molar-refractivity contribution is -0.146. The maximum absolute atomic E-state index is 14.7. The number of fused-ring (bicyclic) bond motifs is 4. The molecule has 2 fully saturated rings. The third-order valence-electron chi connectivity index (χ3n) is 10.3. The van der Waals surface area contributed by atoms with Crippen molar-refractivity contribution < 1.29 is 19.1 Å². The van der Waals surface area contributed by atoms with Crippen LogP contribution in [0.15, 0.2) is 48.5 Å². The monoisotopic (exact) mass is 616 g/mol. The number of rotatable bonds is 8. The van der Waals surface area contributed by atoms with Gasteiger partial charge >= 0.3 is 0 Å². The topological polar surface area (TPSA) is 91.0 Å². The molecule has 3 aliphatic heterocycles. The second kappa shape index (κ2) is 15.2. The first-order valence-corrected chi connectivity index (χ1v) is 17.5. The van der Waals surface area contributed by atoms with Gasteiger partial charge in [0.05, 0.1) is 18.7 Å². The predicted octanol–water partition coefficient (Wildman–Crippen LogP) is 5.80. The Morgan fingerprint density at radius 2 is 1.62 bits per heavy atom. The van der Waals surface area contributed by atoms with Gasteiger partial charge in [0.1, 0.15) is 17.8 Å². The molecule has 3 heterocycles. The number of hydrogen-bond donors (Lipinski definition) is 2. The number of amides is 3. The highest BCUT2D eigenvalue weighted by molar-refractivity contribution is 5.94. The molecule has 4 atom stereocenters. The smallest absolute Gasteiger partial charge is 0.246 e. The van der Waals surface area contributed by atoms with Gasteiger partial charge in [0.15, 0.2) is 0 Å². The number of para-hydroxylation sites is 2. The van der Waals surface area contributed by atoms with Crippen LogP contribution in [0.4, 0.5) is 5.69 Å². The van der Waals surface area contributed by atoms with Crippen molar-refractivity contribution in [3.05, 3.63) is 59.7 Å². The van der Waals surface area contributed by atoms with Gasteiger partial charge in [0.25, 0.3) is 0 Å². The van der Waals surface area contributed by atoms with Crippen molar-refractivity contribution in [2.45, 2.75) is 110 Å². The van der Waals surface area contributed by atoms with Crippen molar-refractivity contribution in [2.24, 2.45) is 11.8 Å². The van der Waals surface area contributed by atoms with E-state index in [1.165, 1.54) is 5.56 Å². The molecule has 1 unspecified atom stereocenters. The van der Waals surface area contributed by atoms with Crippen LogP contribution >= 0.6 is 0 Å². The molecule has 45 heavy (non-hydrogen) atoms. The Morgan fingerprint density at radius 1 is 0.911 bits per heavy atom. The van der Waals surface area contributed by atoms with Crippen LogP contribution in [-0.2, 0) is 20.8 Å². The predicted molar refractivity (Wildman–Crippen MR) is 178 cm³/mol. The molecule has 1 saturated carbocycles. The largest absolute Gasteiger partial charge is 0.493 e. The van der Waals surface area contributed by atoms with Crippen LogP contribution in [0, 0.1) is 11.8 Å². The summed E-state index contributed by atoms with van der Waals surface area (Å²) in [6.45, 7) is 9.47. The molecule has 0 aromatic heterocycles. The van der Waals surface area contributed by atoms with Crippen molar-refractivity contribution in [3.63, 3.8) is 0 Å². The van der Waals surface area contributed by atoms with Crippen molar-refractivity contribution in [3.8, 4) is 5.75 Å². The van der Waals surface area contributed by atoms with E-state index in [2.05, 4.69) is 33.7 Å². The molecule has 2 aromatic rings. The molecule has 244 valence electrons. The van der Waals surface area contributed by atoms with Gasteiger partial charge in [-0.3, -0.25) is 14.4 Å². The summed E-state index contributed by atoms with van der Waals surface area (Å²) in [7, 11) is 0. The SMILES string of the molecule is CC.CCC(CC)C(=O)N[C@H](C(=O)N1CC2Cc3ccccc3N2C[C@H]1C(=O)N[C@@H]1CCOc2ccccc21)C1CCCCC1. The van der Waals surface area contributed by atoms with Crippen molar-refractivity contribution in [2.75, 3.05) is 24.6 Å². The minimum Gasteiger partial charge on any atom is -0.493 e. The second-order valence-electron chi connectivity index (χ2n) is 12.8. The number of ether oxygens (including phenoxy) is 1. The summed E-state index contributed by atoms with van der Waals surface area (Å²) in [5.41, 5.74) is 3.38. The van der Waals surface area contributed by atoms with Crippen LogP contribution in [0.2, 0.25) is 0 Å². The minimum atomic E-state index is -0.666. The summed E-state index contributed by atoms with van der Waals surface area (Å²) in [6.07, 6.45) is 8.13. The Balaban J connectivity index is 0.00000196. The number of anilines is 1. The summed E-state index contributed by atoms with van der Waals surface area (Å²) in [4.78, 5) is 46.5. The van der Waals surface area contributed by atoms with E-state index in [0.717, 1.165) is 68.4 Å². The molecule has 1 aliphatic carbocycles. The van der Waals surface area contributed by atoms with E-state index in [1.54, 1.807) is 0 Å². The van der Waals surface area contributed by atoms with Gasteiger partial charge in [-0.1, -0.05) is 83.4 Å². The van der Waals surface area contributed by atoms with Gasteiger partial charge in [-0.2, -0.15) is 0 Å². The molecule has 0 bridgehead atoms. The van der Waals surface area contributed by atoms with Crippen molar-refractivity contribution in [1.82, 2.24) is 15.5 Å². The molecule has 1 saturated heterocycles. The van der Waals surface area contributed by atoms with Crippen LogP contribution in [0.1, 0.15) is 96.2 Å². The fraction of sp³-hybridized carbons (Fsp3) is 0.595. The fourth-order valence-corrected chi connectivity index (χ4v) is 7.76. The number of piperazine rings is 1. The maximum Gasteiger partial charge on any atom is 0.246 e. The van der Waals surface area contributed by atoms with E-state index in [-0.39, 0.29) is 41.6 Å². The second-order valence-corrected chi connectivity index (χ2v) is 12.8. The molecular weight excluding hydrogens is 564 g/mol. The Labute approximate surface area is 269 Å². The van der Waals surface area contributed by atoms with Gasteiger partial charge < -0.3 is 25.2 Å². The average molecular weight is 617 g/mol.